The van der Waals surface area contributed by atoms with Crippen LogP contribution < -0.4 is 10.1 Å². The fourth-order valence-corrected chi connectivity index (χ4v) is 2.47. The number of rotatable bonds is 6. The summed E-state index contributed by atoms with van der Waals surface area (Å²) >= 11 is 0. The monoisotopic (exact) mass is 350 g/mol. The molecule has 6 nitrogen and oxygen atoms in total. The van der Waals surface area contributed by atoms with Gasteiger partial charge in [-0.15, -0.1) is 0 Å². The van der Waals surface area contributed by atoms with Crippen LogP contribution in [0.25, 0.3) is 11.3 Å². The fourth-order valence-electron chi connectivity index (χ4n) is 2.47. The maximum absolute atomic E-state index is 12.2. The molecule has 26 heavy (non-hydrogen) atoms. The molecule has 0 saturated carbocycles. The minimum Gasteiger partial charge on any atom is -0.497 e. The van der Waals surface area contributed by atoms with Gasteiger partial charge in [-0.05, 0) is 43.3 Å². The lowest BCUT2D eigenvalue weighted by atomic mass is 10.1. The minimum absolute atomic E-state index is 0.0180. The number of hydrogen-bond donors (Lipinski definition) is 1. The van der Waals surface area contributed by atoms with Crippen LogP contribution in [0.2, 0.25) is 0 Å². The number of carbonyl (C=O) groups is 2. The number of ketones is 1. The third-order valence-electron chi connectivity index (χ3n) is 3.83. The van der Waals surface area contributed by atoms with Crippen molar-refractivity contribution in [3.05, 3.63) is 65.9 Å². The molecule has 0 bridgehead atoms. The molecule has 3 rings (SSSR count). The lowest BCUT2D eigenvalue weighted by Gasteiger charge is -2.04. The van der Waals surface area contributed by atoms with Gasteiger partial charge in [-0.3, -0.25) is 9.59 Å². The first-order valence-corrected chi connectivity index (χ1v) is 8.06. The van der Waals surface area contributed by atoms with Crippen LogP contribution in [-0.4, -0.2) is 24.0 Å². The highest BCUT2D eigenvalue weighted by Crippen LogP contribution is 2.24. The van der Waals surface area contributed by atoms with Crippen LogP contribution in [0, 0.1) is 0 Å². The van der Waals surface area contributed by atoms with Crippen molar-refractivity contribution in [2.24, 2.45) is 0 Å². The number of amides is 1. The molecule has 1 heterocycles. The van der Waals surface area contributed by atoms with Gasteiger partial charge in [0.15, 0.2) is 11.5 Å². The van der Waals surface area contributed by atoms with E-state index in [1.54, 1.807) is 37.4 Å². The zero-order valence-corrected chi connectivity index (χ0v) is 14.5. The highest BCUT2D eigenvalue weighted by molar-refractivity contribution is 5.96. The molecule has 0 aliphatic rings. The number of hydrogen-bond acceptors (Lipinski definition) is 5. The SMILES string of the molecule is COc1cccc(-c2cc(CC(=O)Nc3ccc(C(C)=O)cc3)no2)c1. The summed E-state index contributed by atoms with van der Waals surface area (Å²) in [6.45, 7) is 1.50. The Labute approximate surface area is 150 Å². The van der Waals surface area contributed by atoms with E-state index >= 15 is 0 Å². The molecule has 132 valence electrons. The Kier molecular flexibility index (Phi) is 5.12. The summed E-state index contributed by atoms with van der Waals surface area (Å²) in [7, 11) is 1.60. The van der Waals surface area contributed by atoms with Gasteiger partial charge in [-0.25, -0.2) is 0 Å². The molecule has 0 aliphatic carbocycles. The molecule has 0 radical (unpaired) electrons. The molecule has 0 fully saturated rings. The quantitative estimate of drug-likeness (QED) is 0.685. The van der Waals surface area contributed by atoms with Gasteiger partial charge in [-0.1, -0.05) is 17.3 Å². The molecule has 6 heteroatoms. The van der Waals surface area contributed by atoms with Crippen LogP contribution in [0.5, 0.6) is 5.75 Å². The summed E-state index contributed by atoms with van der Waals surface area (Å²) in [6.07, 6.45) is 0.0852. The van der Waals surface area contributed by atoms with Crippen molar-refractivity contribution in [1.29, 1.82) is 0 Å². The maximum atomic E-state index is 12.2. The summed E-state index contributed by atoms with van der Waals surface area (Å²) in [6, 6.07) is 15.9. The van der Waals surface area contributed by atoms with Crippen molar-refractivity contribution >= 4 is 17.4 Å². The third-order valence-corrected chi connectivity index (χ3v) is 3.83. The average Bonchev–Trinajstić information content (AvgIpc) is 3.10. The van der Waals surface area contributed by atoms with E-state index in [4.69, 9.17) is 9.26 Å². The Morgan fingerprint density at radius 2 is 1.88 bits per heavy atom. The van der Waals surface area contributed by atoms with Crippen molar-refractivity contribution in [2.75, 3.05) is 12.4 Å². The molecule has 2 aromatic carbocycles. The predicted molar refractivity (Wildman–Crippen MR) is 97.3 cm³/mol. The zero-order valence-electron chi connectivity index (χ0n) is 14.5. The predicted octanol–water partition coefficient (Wildman–Crippen LogP) is 3.73. The van der Waals surface area contributed by atoms with Crippen molar-refractivity contribution < 1.29 is 18.8 Å². The van der Waals surface area contributed by atoms with E-state index in [0.717, 1.165) is 5.56 Å². The normalized spacial score (nSPS) is 10.4. The number of aromatic nitrogens is 1. The molecule has 3 aromatic rings. The Morgan fingerprint density at radius 3 is 2.58 bits per heavy atom. The molecule has 0 aliphatic heterocycles. The number of benzene rings is 2. The van der Waals surface area contributed by atoms with E-state index < -0.39 is 0 Å². The maximum Gasteiger partial charge on any atom is 0.230 e. The summed E-state index contributed by atoms with van der Waals surface area (Å²) in [5, 5.41) is 6.72. The first-order valence-electron chi connectivity index (χ1n) is 8.06. The van der Waals surface area contributed by atoms with E-state index in [1.165, 1.54) is 6.92 Å². The Morgan fingerprint density at radius 1 is 1.12 bits per heavy atom. The molecule has 0 saturated heterocycles. The molecular formula is C20H18N2O4. The number of carbonyl (C=O) groups excluding carboxylic acids is 2. The van der Waals surface area contributed by atoms with Gasteiger partial charge in [0.05, 0.1) is 19.2 Å². The van der Waals surface area contributed by atoms with E-state index in [9.17, 15) is 9.59 Å². The molecule has 1 aromatic heterocycles. The van der Waals surface area contributed by atoms with Crippen LogP contribution in [0.4, 0.5) is 5.69 Å². The first-order chi connectivity index (χ1) is 12.5. The number of Topliss-reactive ketones (excluding diaryl/α,β-unsaturated/α-hetero) is 1. The van der Waals surface area contributed by atoms with Gasteiger partial charge in [0.1, 0.15) is 5.75 Å². The second kappa shape index (κ2) is 7.65. The molecule has 0 spiro atoms. The van der Waals surface area contributed by atoms with Gasteiger partial charge in [0.25, 0.3) is 0 Å². The Hall–Kier alpha value is -3.41. The third kappa shape index (κ3) is 4.16. The highest BCUT2D eigenvalue weighted by Gasteiger charge is 2.12. The summed E-state index contributed by atoms with van der Waals surface area (Å²) in [4.78, 5) is 23.4. The molecule has 1 N–H and O–H groups in total. The Bertz CT molecular complexity index is 929. The standard InChI is InChI=1S/C20H18N2O4/c1-13(23)14-6-8-16(9-7-14)21-20(24)12-17-11-19(26-22-17)15-4-3-5-18(10-15)25-2/h3-11H,12H2,1-2H3,(H,21,24). The lowest BCUT2D eigenvalue weighted by Crippen LogP contribution is -2.14. The summed E-state index contributed by atoms with van der Waals surface area (Å²) in [5.74, 6) is 1.05. The zero-order chi connectivity index (χ0) is 18.5. The Balaban J connectivity index is 1.64. The molecule has 0 atom stereocenters. The van der Waals surface area contributed by atoms with Gasteiger partial charge in [0.2, 0.25) is 5.91 Å². The van der Waals surface area contributed by atoms with Crippen LogP contribution in [0.15, 0.2) is 59.1 Å². The number of nitrogens with one attached hydrogen (secondary N) is 1. The number of nitrogens with zero attached hydrogens (tertiary/aromatic N) is 1. The van der Waals surface area contributed by atoms with Gasteiger partial charge >= 0.3 is 0 Å². The average molecular weight is 350 g/mol. The van der Waals surface area contributed by atoms with Crippen LogP contribution in [0.1, 0.15) is 23.0 Å². The fraction of sp³-hybridized carbons (Fsp3) is 0.150. The van der Waals surface area contributed by atoms with Crippen LogP contribution in [-0.2, 0) is 11.2 Å². The van der Waals surface area contributed by atoms with Crippen molar-refractivity contribution in [3.63, 3.8) is 0 Å². The minimum atomic E-state index is -0.217. The highest BCUT2D eigenvalue weighted by atomic mass is 16.5. The number of methoxy groups -OCH3 is 1. The summed E-state index contributed by atoms with van der Waals surface area (Å²) in [5.41, 5.74) is 2.57. The molecule has 1 amide bonds. The summed E-state index contributed by atoms with van der Waals surface area (Å²) < 4.78 is 10.5. The van der Waals surface area contributed by atoms with Crippen molar-refractivity contribution in [2.45, 2.75) is 13.3 Å². The second-order valence-corrected chi connectivity index (χ2v) is 5.77. The van der Waals surface area contributed by atoms with Gasteiger partial charge < -0.3 is 14.6 Å². The topological polar surface area (TPSA) is 81.4 Å². The first kappa shape index (κ1) is 17.4. The van der Waals surface area contributed by atoms with Crippen LogP contribution >= 0.6 is 0 Å². The number of ether oxygens (including phenoxy) is 1. The van der Waals surface area contributed by atoms with Crippen molar-refractivity contribution in [1.82, 2.24) is 5.16 Å². The van der Waals surface area contributed by atoms with E-state index in [2.05, 4.69) is 10.5 Å². The number of anilines is 1. The molecular weight excluding hydrogens is 332 g/mol. The van der Waals surface area contributed by atoms with Crippen LogP contribution in [0.3, 0.4) is 0 Å². The largest absolute Gasteiger partial charge is 0.497 e. The van der Waals surface area contributed by atoms with E-state index in [0.29, 0.717) is 28.5 Å². The van der Waals surface area contributed by atoms with Gasteiger partial charge in [-0.2, -0.15) is 0 Å². The second-order valence-electron chi connectivity index (χ2n) is 5.77. The smallest absolute Gasteiger partial charge is 0.230 e. The van der Waals surface area contributed by atoms with Gasteiger partial charge in [0, 0.05) is 22.9 Å². The van der Waals surface area contributed by atoms with E-state index in [1.807, 2.05) is 24.3 Å². The van der Waals surface area contributed by atoms with E-state index in [-0.39, 0.29) is 18.1 Å². The molecule has 0 unspecified atom stereocenters. The van der Waals surface area contributed by atoms with Crippen molar-refractivity contribution in [3.8, 4) is 17.1 Å². The lowest BCUT2D eigenvalue weighted by molar-refractivity contribution is -0.115.